The summed E-state index contributed by atoms with van der Waals surface area (Å²) < 4.78 is 1.03. The van der Waals surface area contributed by atoms with Gasteiger partial charge in [-0.2, -0.15) is 0 Å². The van der Waals surface area contributed by atoms with E-state index in [-0.39, 0.29) is 0 Å². The predicted molar refractivity (Wildman–Crippen MR) is 67.8 cm³/mol. The molecule has 3 heteroatoms. The fourth-order valence-electron chi connectivity index (χ4n) is 1.27. The highest BCUT2D eigenvalue weighted by Gasteiger charge is 2.05. The van der Waals surface area contributed by atoms with Gasteiger partial charge in [0.25, 0.3) is 0 Å². The Morgan fingerprint density at radius 3 is 2.93 bits per heavy atom. The molecule has 80 valence electrons. The molecule has 1 aromatic heterocycles. The zero-order valence-electron chi connectivity index (χ0n) is 9.05. The first-order chi connectivity index (χ1) is 7.17. The van der Waals surface area contributed by atoms with E-state index in [0.717, 1.165) is 23.1 Å². The Balaban J connectivity index is 2.71. The summed E-state index contributed by atoms with van der Waals surface area (Å²) in [6.07, 6.45) is 8.83. The number of aromatic nitrogens is 1. The minimum Gasteiger partial charge on any atom is -0.366 e. The summed E-state index contributed by atoms with van der Waals surface area (Å²) >= 11 is 3.42. The summed E-state index contributed by atoms with van der Waals surface area (Å²) in [7, 11) is 0. The SMILES string of the molecule is C#CCC(CC)Nc1cc(C)c(Br)cn1. The predicted octanol–water partition coefficient (Wildman–Crippen LogP) is 3.37. The average Bonchev–Trinajstić information content (AvgIpc) is 2.23. The lowest BCUT2D eigenvalue weighted by Crippen LogP contribution is -2.18. The lowest BCUT2D eigenvalue weighted by molar-refractivity contribution is 0.711. The van der Waals surface area contributed by atoms with E-state index in [9.17, 15) is 0 Å². The largest absolute Gasteiger partial charge is 0.366 e. The number of nitrogens with one attached hydrogen (secondary N) is 1. The molecule has 1 rings (SSSR count). The normalized spacial score (nSPS) is 11.9. The van der Waals surface area contributed by atoms with Crippen molar-refractivity contribution in [2.45, 2.75) is 32.7 Å². The molecule has 1 atom stereocenters. The highest BCUT2D eigenvalue weighted by Crippen LogP contribution is 2.18. The number of terminal acetylenes is 1. The van der Waals surface area contributed by atoms with Crippen molar-refractivity contribution < 1.29 is 0 Å². The zero-order chi connectivity index (χ0) is 11.3. The van der Waals surface area contributed by atoms with Crippen LogP contribution in [0.25, 0.3) is 0 Å². The van der Waals surface area contributed by atoms with E-state index in [4.69, 9.17) is 6.42 Å². The molecule has 1 aromatic rings. The van der Waals surface area contributed by atoms with Gasteiger partial charge in [0, 0.05) is 23.1 Å². The van der Waals surface area contributed by atoms with Gasteiger partial charge >= 0.3 is 0 Å². The van der Waals surface area contributed by atoms with Crippen LogP contribution in [0.3, 0.4) is 0 Å². The van der Waals surface area contributed by atoms with Crippen molar-refractivity contribution >= 4 is 21.7 Å². The van der Waals surface area contributed by atoms with Crippen LogP contribution >= 0.6 is 15.9 Å². The lowest BCUT2D eigenvalue weighted by Gasteiger charge is -2.15. The van der Waals surface area contributed by atoms with E-state index >= 15 is 0 Å². The van der Waals surface area contributed by atoms with Crippen molar-refractivity contribution in [2.75, 3.05) is 5.32 Å². The molecule has 0 aliphatic carbocycles. The highest BCUT2D eigenvalue weighted by molar-refractivity contribution is 9.10. The summed E-state index contributed by atoms with van der Waals surface area (Å²) in [6.45, 7) is 4.15. The molecule has 0 aromatic carbocycles. The molecule has 1 heterocycles. The van der Waals surface area contributed by atoms with Crippen molar-refractivity contribution in [2.24, 2.45) is 0 Å². The molecule has 1 unspecified atom stereocenters. The smallest absolute Gasteiger partial charge is 0.126 e. The van der Waals surface area contributed by atoms with Gasteiger partial charge in [-0.25, -0.2) is 4.98 Å². The monoisotopic (exact) mass is 266 g/mol. The molecular weight excluding hydrogens is 252 g/mol. The van der Waals surface area contributed by atoms with Gasteiger partial charge in [-0.3, -0.25) is 0 Å². The van der Waals surface area contributed by atoms with Gasteiger partial charge in [0.1, 0.15) is 5.82 Å². The highest BCUT2D eigenvalue weighted by atomic mass is 79.9. The van der Waals surface area contributed by atoms with E-state index < -0.39 is 0 Å². The molecule has 0 saturated carbocycles. The summed E-state index contributed by atoms with van der Waals surface area (Å²) in [5, 5.41) is 3.32. The van der Waals surface area contributed by atoms with Gasteiger partial charge < -0.3 is 5.32 Å². The van der Waals surface area contributed by atoms with Crippen LogP contribution in [0.2, 0.25) is 0 Å². The fourth-order valence-corrected chi connectivity index (χ4v) is 1.48. The Kier molecular flexibility index (Phi) is 4.64. The number of halogens is 1. The quantitative estimate of drug-likeness (QED) is 0.846. The first kappa shape index (κ1) is 12.1. The van der Waals surface area contributed by atoms with Crippen LogP contribution in [-0.4, -0.2) is 11.0 Å². The lowest BCUT2D eigenvalue weighted by atomic mass is 10.1. The molecule has 15 heavy (non-hydrogen) atoms. The standard InChI is InChI=1S/C12H15BrN2/c1-4-6-10(5-2)15-12-7-9(3)11(13)8-14-12/h1,7-8,10H,5-6H2,2-3H3,(H,14,15). The Bertz CT molecular complexity index is 368. The molecule has 0 aliphatic heterocycles. The van der Waals surface area contributed by atoms with E-state index in [2.05, 4.69) is 39.1 Å². The van der Waals surface area contributed by atoms with Gasteiger partial charge in [0.05, 0.1) is 0 Å². The van der Waals surface area contributed by atoms with Gasteiger partial charge in [0.2, 0.25) is 0 Å². The minimum atomic E-state index is 0.308. The van der Waals surface area contributed by atoms with Gasteiger partial charge in [-0.15, -0.1) is 12.3 Å². The molecule has 0 aliphatic rings. The summed E-state index contributed by atoms with van der Waals surface area (Å²) in [4.78, 5) is 4.28. The molecule has 0 fully saturated rings. The number of anilines is 1. The Morgan fingerprint density at radius 1 is 1.67 bits per heavy atom. The molecule has 0 amide bonds. The average molecular weight is 267 g/mol. The van der Waals surface area contributed by atoms with Crippen molar-refractivity contribution in [3.8, 4) is 12.3 Å². The topological polar surface area (TPSA) is 24.9 Å². The van der Waals surface area contributed by atoms with Crippen LogP contribution in [-0.2, 0) is 0 Å². The van der Waals surface area contributed by atoms with Crippen LogP contribution < -0.4 is 5.32 Å². The third-order valence-electron chi connectivity index (χ3n) is 2.26. The molecule has 0 radical (unpaired) electrons. The summed E-state index contributed by atoms with van der Waals surface area (Å²) in [6, 6.07) is 2.33. The van der Waals surface area contributed by atoms with E-state index in [0.29, 0.717) is 6.04 Å². The summed E-state index contributed by atoms with van der Waals surface area (Å²) in [5.41, 5.74) is 1.17. The second kappa shape index (κ2) is 5.77. The molecule has 0 bridgehead atoms. The first-order valence-electron chi connectivity index (χ1n) is 4.99. The summed E-state index contributed by atoms with van der Waals surface area (Å²) in [5.74, 6) is 3.55. The third-order valence-corrected chi connectivity index (χ3v) is 3.09. The van der Waals surface area contributed by atoms with Crippen molar-refractivity contribution in [1.29, 1.82) is 0 Å². The van der Waals surface area contributed by atoms with Crippen LogP contribution in [0.5, 0.6) is 0 Å². The van der Waals surface area contributed by atoms with Gasteiger partial charge in [0.15, 0.2) is 0 Å². The molecular formula is C12H15BrN2. The van der Waals surface area contributed by atoms with E-state index in [1.807, 2.05) is 13.0 Å². The van der Waals surface area contributed by atoms with Crippen molar-refractivity contribution in [3.05, 3.63) is 22.3 Å². The number of pyridine rings is 1. The van der Waals surface area contributed by atoms with Gasteiger partial charge in [-0.1, -0.05) is 6.92 Å². The van der Waals surface area contributed by atoms with E-state index in [1.165, 1.54) is 5.56 Å². The number of hydrogen-bond donors (Lipinski definition) is 1. The Hall–Kier alpha value is -1.01. The molecule has 0 saturated heterocycles. The van der Waals surface area contributed by atoms with Crippen LogP contribution in [0.1, 0.15) is 25.3 Å². The van der Waals surface area contributed by atoms with E-state index in [1.54, 1.807) is 6.20 Å². The first-order valence-corrected chi connectivity index (χ1v) is 5.78. The Morgan fingerprint density at radius 2 is 2.40 bits per heavy atom. The van der Waals surface area contributed by atoms with Gasteiger partial charge in [-0.05, 0) is 40.9 Å². The Labute approximate surface area is 99.6 Å². The maximum atomic E-state index is 5.29. The molecule has 2 nitrogen and oxygen atoms in total. The zero-order valence-corrected chi connectivity index (χ0v) is 10.6. The second-order valence-electron chi connectivity index (χ2n) is 3.48. The van der Waals surface area contributed by atoms with Crippen LogP contribution in [0, 0.1) is 19.3 Å². The number of hydrogen-bond acceptors (Lipinski definition) is 2. The number of rotatable bonds is 4. The third kappa shape index (κ3) is 3.56. The second-order valence-corrected chi connectivity index (χ2v) is 4.33. The maximum Gasteiger partial charge on any atom is 0.126 e. The fraction of sp³-hybridized carbons (Fsp3) is 0.417. The van der Waals surface area contributed by atoms with Crippen LogP contribution in [0.15, 0.2) is 16.7 Å². The van der Waals surface area contributed by atoms with Crippen molar-refractivity contribution in [3.63, 3.8) is 0 Å². The molecule has 0 spiro atoms. The minimum absolute atomic E-state index is 0.308. The number of nitrogens with zero attached hydrogens (tertiary/aromatic N) is 1. The van der Waals surface area contributed by atoms with Crippen molar-refractivity contribution in [1.82, 2.24) is 4.98 Å². The molecule has 1 N–H and O–H groups in total. The van der Waals surface area contributed by atoms with Crippen LogP contribution in [0.4, 0.5) is 5.82 Å². The number of aryl methyl sites for hydroxylation is 1. The maximum absolute atomic E-state index is 5.29.